The summed E-state index contributed by atoms with van der Waals surface area (Å²) in [7, 11) is 7.39. The zero-order valence-corrected chi connectivity index (χ0v) is 19.4. The van der Waals surface area contributed by atoms with Crippen LogP contribution in [0, 0.1) is 0 Å². The first kappa shape index (κ1) is 22.2. The van der Waals surface area contributed by atoms with E-state index in [0.717, 1.165) is 18.7 Å². The van der Waals surface area contributed by atoms with E-state index in [1.165, 1.54) is 0 Å². The monoisotopic (exact) mass is 414 g/mol. The van der Waals surface area contributed by atoms with Crippen molar-refractivity contribution in [3.8, 4) is 28.5 Å². The molecule has 1 N–H and O–H groups in total. The molecule has 1 aliphatic heterocycles. The average molecular weight is 415 g/mol. The smallest absolute Gasteiger partial charge is 0.151 e. The van der Waals surface area contributed by atoms with Crippen LogP contribution in [0.15, 0.2) is 24.3 Å². The molecule has 164 valence electrons. The highest BCUT2D eigenvalue weighted by atomic mass is 16.5. The maximum Gasteiger partial charge on any atom is 0.151 e. The number of likely N-dealkylation sites (tertiary alicyclic amines) is 1. The third-order valence-electron chi connectivity index (χ3n) is 6.61. The van der Waals surface area contributed by atoms with Crippen LogP contribution in [0.3, 0.4) is 0 Å². The first-order valence-electron chi connectivity index (χ1n) is 10.3. The molecule has 1 aromatic carbocycles. The topological polar surface area (TPSA) is 71.0 Å². The predicted molar refractivity (Wildman–Crippen MR) is 120 cm³/mol. The molecule has 0 unspecified atom stereocenters. The van der Waals surface area contributed by atoms with Crippen molar-refractivity contribution in [3.63, 3.8) is 0 Å². The molecule has 3 rings (SSSR count). The fourth-order valence-corrected chi connectivity index (χ4v) is 4.54. The Kier molecular flexibility index (Phi) is 5.87. The second-order valence-electron chi connectivity index (χ2n) is 9.36. The largest absolute Gasteiger partial charge is 0.507 e. The van der Waals surface area contributed by atoms with E-state index in [0.29, 0.717) is 28.8 Å². The number of hydrogen-bond donors (Lipinski definition) is 1. The highest BCUT2D eigenvalue weighted by molar-refractivity contribution is 5.75. The normalized spacial score (nSPS) is 18.8. The molecular weight excluding hydrogens is 380 g/mol. The van der Waals surface area contributed by atoms with Crippen LogP contribution >= 0.6 is 0 Å². The van der Waals surface area contributed by atoms with Gasteiger partial charge in [0.25, 0.3) is 0 Å². The quantitative estimate of drug-likeness (QED) is 0.794. The number of hydrogen-bond acceptors (Lipinski definition) is 7. The zero-order valence-electron chi connectivity index (χ0n) is 19.4. The van der Waals surface area contributed by atoms with E-state index in [1.807, 2.05) is 12.1 Å². The van der Waals surface area contributed by atoms with Crippen molar-refractivity contribution < 1.29 is 14.6 Å². The molecule has 1 saturated heterocycles. The van der Waals surface area contributed by atoms with Gasteiger partial charge in [-0.2, -0.15) is 0 Å². The summed E-state index contributed by atoms with van der Waals surface area (Å²) in [6.45, 7) is 9.18. The standard InChI is InChI=1S/C23H34N4O3/c1-22(2)13-15(14-23(3,4)27(22)6)26(5)20-10-9-17(24-25-20)21-18(28)11-16(29-7)12-19(21)30-8/h9-12,15,28H,13-14H2,1-8H3. The van der Waals surface area contributed by atoms with Gasteiger partial charge in [-0.1, -0.05) is 0 Å². The van der Waals surface area contributed by atoms with Crippen molar-refractivity contribution in [1.29, 1.82) is 0 Å². The fourth-order valence-electron chi connectivity index (χ4n) is 4.54. The molecule has 0 aliphatic carbocycles. The Morgan fingerprint density at radius 1 is 1.03 bits per heavy atom. The molecule has 0 saturated carbocycles. The molecule has 0 radical (unpaired) electrons. The molecule has 7 heteroatoms. The Balaban J connectivity index is 1.88. The summed E-state index contributed by atoms with van der Waals surface area (Å²) < 4.78 is 10.6. The van der Waals surface area contributed by atoms with E-state index in [4.69, 9.17) is 9.47 Å². The number of piperidine rings is 1. The minimum Gasteiger partial charge on any atom is -0.507 e. The maximum atomic E-state index is 10.5. The summed E-state index contributed by atoms with van der Waals surface area (Å²) in [6, 6.07) is 7.44. The molecule has 1 aliphatic rings. The second-order valence-corrected chi connectivity index (χ2v) is 9.36. The van der Waals surface area contributed by atoms with Crippen LogP contribution < -0.4 is 14.4 Å². The van der Waals surface area contributed by atoms with Crippen LogP contribution in [-0.2, 0) is 0 Å². The number of anilines is 1. The number of aromatic nitrogens is 2. The van der Waals surface area contributed by atoms with Crippen LogP contribution in [0.4, 0.5) is 5.82 Å². The Morgan fingerprint density at radius 2 is 1.67 bits per heavy atom. The summed E-state index contributed by atoms with van der Waals surface area (Å²) in [5, 5.41) is 19.3. The third-order valence-corrected chi connectivity index (χ3v) is 6.61. The second kappa shape index (κ2) is 7.95. The van der Waals surface area contributed by atoms with Crippen LogP contribution in [-0.4, -0.2) is 65.6 Å². The lowest BCUT2D eigenvalue weighted by molar-refractivity contribution is -0.0120. The lowest BCUT2D eigenvalue weighted by Gasteiger charge is -2.55. The zero-order chi connectivity index (χ0) is 22.3. The van der Waals surface area contributed by atoms with E-state index in [2.05, 4.69) is 61.8 Å². The highest BCUT2D eigenvalue weighted by Gasteiger charge is 2.44. The van der Waals surface area contributed by atoms with E-state index in [1.54, 1.807) is 26.4 Å². The molecule has 2 heterocycles. The minimum absolute atomic E-state index is 0.0421. The number of phenolic OH excluding ortho intramolecular Hbond substituents is 1. The number of phenols is 1. The Bertz CT molecular complexity index is 878. The summed E-state index contributed by atoms with van der Waals surface area (Å²) in [4.78, 5) is 4.69. The Hall–Kier alpha value is -2.54. The summed E-state index contributed by atoms with van der Waals surface area (Å²) in [5.74, 6) is 1.86. The molecule has 1 aromatic heterocycles. The molecular formula is C23H34N4O3. The van der Waals surface area contributed by atoms with E-state index >= 15 is 0 Å². The van der Waals surface area contributed by atoms with Gasteiger partial charge in [-0.15, -0.1) is 10.2 Å². The van der Waals surface area contributed by atoms with Crippen molar-refractivity contribution in [2.45, 2.75) is 57.7 Å². The average Bonchev–Trinajstić information content (AvgIpc) is 2.70. The Morgan fingerprint density at radius 3 is 2.17 bits per heavy atom. The molecule has 7 nitrogen and oxygen atoms in total. The number of ether oxygens (including phenoxy) is 2. The number of nitrogens with zero attached hydrogens (tertiary/aromatic N) is 4. The number of rotatable bonds is 5. The molecule has 0 spiro atoms. The van der Waals surface area contributed by atoms with Crippen molar-refractivity contribution in [3.05, 3.63) is 24.3 Å². The summed E-state index contributed by atoms with van der Waals surface area (Å²) >= 11 is 0. The van der Waals surface area contributed by atoms with Crippen LogP contribution in [0.1, 0.15) is 40.5 Å². The molecule has 0 amide bonds. The fraction of sp³-hybridized carbons (Fsp3) is 0.565. The molecule has 0 bridgehead atoms. The lowest BCUT2D eigenvalue weighted by atomic mass is 9.77. The van der Waals surface area contributed by atoms with Crippen LogP contribution in [0.5, 0.6) is 17.2 Å². The van der Waals surface area contributed by atoms with Gasteiger partial charge in [0.2, 0.25) is 0 Å². The highest BCUT2D eigenvalue weighted by Crippen LogP contribution is 2.41. The molecule has 0 atom stereocenters. The van der Waals surface area contributed by atoms with E-state index < -0.39 is 0 Å². The number of aromatic hydroxyl groups is 1. The molecule has 2 aromatic rings. The van der Waals surface area contributed by atoms with Gasteiger partial charge in [0, 0.05) is 36.3 Å². The molecule has 30 heavy (non-hydrogen) atoms. The first-order valence-corrected chi connectivity index (χ1v) is 10.3. The van der Waals surface area contributed by atoms with Gasteiger partial charge in [0.1, 0.15) is 22.9 Å². The number of benzene rings is 1. The summed E-state index contributed by atoms with van der Waals surface area (Å²) in [6.07, 6.45) is 2.08. The van der Waals surface area contributed by atoms with Crippen LogP contribution in [0.2, 0.25) is 0 Å². The van der Waals surface area contributed by atoms with Gasteiger partial charge in [0.05, 0.1) is 19.8 Å². The van der Waals surface area contributed by atoms with Crippen molar-refractivity contribution in [2.24, 2.45) is 0 Å². The Labute approximate surface area is 179 Å². The van der Waals surface area contributed by atoms with E-state index in [-0.39, 0.29) is 16.8 Å². The van der Waals surface area contributed by atoms with Crippen molar-refractivity contribution in [2.75, 3.05) is 33.2 Å². The van der Waals surface area contributed by atoms with Gasteiger partial charge in [0.15, 0.2) is 5.82 Å². The van der Waals surface area contributed by atoms with E-state index in [9.17, 15) is 5.11 Å². The van der Waals surface area contributed by atoms with Gasteiger partial charge in [-0.3, -0.25) is 4.90 Å². The minimum atomic E-state index is 0.0421. The SMILES string of the molecule is COc1cc(O)c(-c2ccc(N(C)C3CC(C)(C)N(C)C(C)(C)C3)nn2)c(OC)c1. The third kappa shape index (κ3) is 4.03. The first-order chi connectivity index (χ1) is 14.0. The lowest BCUT2D eigenvalue weighted by Crippen LogP contribution is -2.62. The number of methoxy groups -OCH3 is 2. The van der Waals surface area contributed by atoms with Gasteiger partial charge >= 0.3 is 0 Å². The van der Waals surface area contributed by atoms with Crippen LogP contribution in [0.25, 0.3) is 11.3 Å². The molecule has 1 fully saturated rings. The van der Waals surface area contributed by atoms with Gasteiger partial charge in [-0.05, 0) is 59.7 Å². The van der Waals surface area contributed by atoms with Gasteiger partial charge in [-0.25, -0.2) is 0 Å². The van der Waals surface area contributed by atoms with Crippen molar-refractivity contribution in [1.82, 2.24) is 15.1 Å². The van der Waals surface area contributed by atoms with Crippen molar-refractivity contribution >= 4 is 5.82 Å². The maximum absolute atomic E-state index is 10.5. The predicted octanol–water partition coefficient (Wildman–Crippen LogP) is 3.95. The summed E-state index contributed by atoms with van der Waals surface area (Å²) in [5.41, 5.74) is 1.24. The van der Waals surface area contributed by atoms with Gasteiger partial charge < -0.3 is 19.5 Å².